The predicted molar refractivity (Wildman–Crippen MR) is 76.3 cm³/mol. The molecule has 3 aromatic rings. The second kappa shape index (κ2) is 5.59. The molecular weight excluding hydrogens is 295 g/mol. The summed E-state index contributed by atoms with van der Waals surface area (Å²) in [6.07, 6.45) is 0. The maximum absolute atomic E-state index is 13.2. The molecular formula is C15H12F3N3O. The van der Waals surface area contributed by atoms with Gasteiger partial charge in [-0.2, -0.15) is 13.9 Å². The number of ether oxygens (including phenoxy) is 1. The van der Waals surface area contributed by atoms with Crippen molar-refractivity contribution in [1.29, 1.82) is 0 Å². The second-order valence-electron chi connectivity index (χ2n) is 4.73. The van der Waals surface area contributed by atoms with Crippen LogP contribution in [0.5, 0.6) is 5.75 Å². The van der Waals surface area contributed by atoms with Crippen LogP contribution in [0.1, 0.15) is 5.56 Å². The molecule has 114 valence electrons. The standard InChI is InChI=1S/C15H12F3N3O/c16-10-3-6-13-12(7-10)14(19)20-21(13)8-9-1-4-11(5-2-9)22-15(17)18/h1-7,15H,8H2,(H2,19,20). The van der Waals surface area contributed by atoms with E-state index in [0.29, 0.717) is 17.4 Å². The van der Waals surface area contributed by atoms with E-state index < -0.39 is 6.61 Å². The molecule has 0 fully saturated rings. The minimum atomic E-state index is -2.85. The van der Waals surface area contributed by atoms with Gasteiger partial charge in [0.1, 0.15) is 11.6 Å². The Morgan fingerprint density at radius 3 is 2.55 bits per heavy atom. The van der Waals surface area contributed by atoms with Gasteiger partial charge in [-0.3, -0.25) is 4.68 Å². The lowest BCUT2D eigenvalue weighted by molar-refractivity contribution is -0.0498. The monoisotopic (exact) mass is 307 g/mol. The summed E-state index contributed by atoms with van der Waals surface area (Å²) in [5.74, 6) is -0.0509. The fourth-order valence-electron chi connectivity index (χ4n) is 2.25. The largest absolute Gasteiger partial charge is 0.435 e. The van der Waals surface area contributed by atoms with Gasteiger partial charge in [-0.05, 0) is 35.9 Å². The summed E-state index contributed by atoms with van der Waals surface area (Å²) in [6.45, 7) is -2.47. The van der Waals surface area contributed by atoms with E-state index >= 15 is 0 Å². The van der Waals surface area contributed by atoms with Crippen LogP contribution in [0.3, 0.4) is 0 Å². The van der Waals surface area contributed by atoms with Crippen LogP contribution < -0.4 is 10.5 Å². The molecule has 0 atom stereocenters. The lowest BCUT2D eigenvalue weighted by atomic mass is 10.2. The molecule has 0 amide bonds. The molecule has 0 aliphatic carbocycles. The van der Waals surface area contributed by atoms with Crippen molar-refractivity contribution in [2.24, 2.45) is 0 Å². The first-order valence-corrected chi connectivity index (χ1v) is 6.48. The van der Waals surface area contributed by atoms with Crippen LogP contribution >= 0.6 is 0 Å². The Morgan fingerprint density at radius 2 is 1.86 bits per heavy atom. The number of nitrogens with zero attached hydrogens (tertiary/aromatic N) is 2. The number of aromatic nitrogens is 2. The summed E-state index contributed by atoms with van der Waals surface area (Å²) < 4.78 is 43.3. The Hall–Kier alpha value is -2.70. The number of halogens is 3. The van der Waals surface area contributed by atoms with Crippen molar-refractivity contribution in [2.45, 2.75) is 13.2 Å². The van der Waals surface area contributed by atoms with Crippen molar-refractivity contribution in [3.63, 3.8) is 0 Å². The normalized spacial score (nSPS) is 11.3. The van der Waals surface area contributed by atoms with Crippen LogP contribution in [0, 0.1) is 5.82 Å². The number of rotatable bonds is 4. The molecule has 0 unspecified atom stereocenters. The van der Waals surface area contributed by atoms with Gasteiger partial charge in [0.15, 0.2) is 5.82 Å². The molecule has 1 aromatic heterocycles. The van der Waals surface area contributed by atoms with Gasteiger partial charge in [-0.25, -0.2) is 4.39 Å². The highest BCUT2D eigenvalue weighted by molar-refractivity contribution is 5.89. The fraction of sp³-hybridized carbons (Fsp3) is 0.133. The SMILES string of the molecule is Nc1nn(Cc2ccc(OC(F)F)cc2)c2ccc(F)cc12. The molecule has 3 rings (SSSR count). The van der Waals surface area contributed by atoms with Gasteiger partial charge < -0.3 is 10.5 Å². The van der Waals surface area contributed by atoms with Crippen molar-refractivity contribution >= 4 is 16.7 Å². The summed E-state index contributed by atoms with van der Waals surface area (Å²) in [5.41, 5.74) is 7.31. The average Bonchev–Trinajstić information content (AvgIpc) is 2.76. The Bertz CT molecular complexity index is 800. The zero-order chi connectivity index (χ0) is 15.7. The van der Waals surface area contributed by atoms with Crippen LogP contribution in [-0.4, -0.2) is 16.4 Å². The van der Waals surface area contributed by atoms with Gasteiger partial charge in [0.05, 0.1) is 12.1 Å². The van der Waals surface area contributed by atoms with Crippen molar-refractivity contribution in [3.05, 3.63) is 53.8 Å². The summed E-state index contributed by atoms with van der Waals surface area (Å²) in [5, 5.41) is 4.71. The Kier molecular flexibility index (Phi) is 3.62. The van der Waals surface area contributed by atoms with Crippen molar-refractivity contribution in [1.82, 2.24) is 9.78 Å². The fourth-order valence-corrected chi connectivity index (χ4v) is 2.25. The molecule has 7 heteroatoms. The minimum Gasteiger partial charge on any atom is -0.435 e. The molecule has 1 heterocycles. The quantitative estimate of drug-likeness (QED) is 0.803. The predicted octanol–water partition coefficient (Wildman–Crippen LogP) is 3.41. The smallest absolute Gasteiger partial charge is 0.387 e. The van der Waals surface area contributed by atoms with Gasteiger partial charge in [-0.15, -0.1) is 0 Å². The molecule has 0 saturated carbocycles. The number of alkyl halides is 2. The highest BCUT2D eigenvalue weighted by Gasteiger charge is 2.10. The van der Waals surface area contributed by atoms with Gasteiger partial charge in [-0.1, -0.05) is 12.1 Å². The van der Waals surface area contributed by atoms with Crippen LogP contribution in [0.2, 0.25) is 0 Å². The van der Waals surface area contributed by atoms with E-state index in [1.165, 1.54) is 24.3 Å². The maximum atomic E-state index is 13.2. The summed E-state index contributed by atoms with van der Waals surface area (Å²) in [4.78, 5) is 0. The lowest BCUT2D eigenvalue weighted by Gasteiger charge is -2.07. The molecule has 4 nitrogen and oxygen atoms in total. The van der Waals surface area contributed by atoms with E-state index in [0.717, 1.165) is 5.56 Å². The van der Waals surface area contributed by atoms with Crippen molar-refractivity contribution in [3.8, 4) is 5.75 Å². The molecule has 0 radical (unpaired) electrons. The highest BCUT2D eigenvalue weighted by Crippen LogP contribution is 2.23. The van der Waals surface area contributed by atoms with Crippen LogP contribution in [0.4, 0.5) is 19.0 Å². The summed E-state index contributed by atoms with van der Waals surface area (Å²) >= 11 is 0. The van der Waals surface area contributed by atoms with Crippen LogP contribution in [0.15, 0.2) is 42.5 Å². The van der Waals surface area contributed by atoms with E-state index in [2.05, 4.69) is 9.84 Å². The third-order valence-electron chi connectivity index (χ3n) is 3.22. The Morgan fingerprint density at radius 1 is 1.14 bits per heavy atom. The van der Waals surface area contributed by atoms with Crippen molar-refractivity contribution in [2.75, 3.05) is 5.73 Å². The molecule has 2 aromatic carbocycles. The highest BCUT2D eigenvalue weighted by atomic mass is 19.3. The lowest BCUT2D eigenvalue weighted by Crippen LogP contribution is -2.04. The topological polar surface area (TPSA) is 53.1 Å². The van der Waals surface area contributed by atoms with E-state index in [4.69, 9.17) is 5.73 Å². The van der Waals surface area contributed by atoms with Gasteiger partial charge in [0.2, 0.25) is 0 Å². The van der Waals surface area contributed by atoms with E-state index in [9.17, 15) is 13.2 Å². The second-order valence-corrected chi connectivity index (χ2v) is 4.73. The average molecular weight is 307 g/mol. The third-order valence-corrected chi connectivity index (χ3v) is 3.22. The Labute approximate surface area is 123 Å². The van der Waals surface area contributed by atoms with Gasteiger partial charge in [0, 0.05) is 5.39 Å². The molecule has 0 spiro atoms. The molecule has 0 aliphatic rings. The number of hydrogen-bond acceptors (Lipinski definition) is 3. The zero-order valence-electron chi connectivity index (χ0n) is 11.3. The third kappa shape index (κ3) is 2.83. The molecule has 22 heavy (non-hydrogen) atoms. The molecule has 2 N–H and O–H groups in total. The number of fused-ring (bicyclic) bond motifs is 1. The number of anilines is 1. The minimum absolute atomic E-state index is 0.0886. The number of hydrogen-bond donors (Lipinski definition) is 1. The number of nitrogen functional groups attached to an aromatic ring is 1. The summed E-state index contributed by atoms with van der Waals surface area (Å²) in [6, 6.07) is 10.5. The zero-order valence-corrected chi connectivity index (χ0v) is 11.3. The molecule has 0 bridgehead atoms. The van der Waals surface area contributed by atoms with Gasteiger partial charge >= 0.3 is 6.61 Å². The Balaban J connectivity index is 1.87. The molecule has 0 saturated heterocycles. The first kappa shape index (κ1) is 14.2. The first-order valence-electron chi connectivity index (χ1n) is 6.48. The number of nitrogens with two attached hydrogens (primary N) is 1. The van der Waals surface area contributed by atoms with Gasteiger partial charge in [0.25, 0.3) is 0 Å². The molecule has 0 aliphatic heterocycles. The van der Waals surface area contributed by atoms with Crippen molar-refractivity contribution < 1.29 is 17.9 Å². The summed E-state index contributed by atoms with van der Waals surface area (Å²) in [7, 11) is 0. The van der Waals surface area contributed by atoms with E-state index in [-0.39, 0.29) is 17.4 Å². The van der Waals surface area contributed by atoms with Crippen LogP contribution in [-0.2, 0) is 6.54 Å². The number of benzene rings is 2. The van der Waals surface area contributed by atoms with E-state index in [1.807, 2.05) is 0 Å². The van der Waals surface area contributed by atoms with E-state index in [1.54, 1.807) is 22.9 Å². The maximum Gasteiger partial charge on any atom is 0.387 e. The first-order chi connectivity index (χ1) is 10.5. The van der Waals surface area contributed by atoms with Crippen LogP contribution in [0.25, 0.3) is 10.9 Å².